The average molecular weight is 262 g/mol. The Bertz CT molecular complexity index is 435. The van der Waals surface area contributed by atoms with Crippen molar-refractivity contribution in [2.45, 2.75) is 33.2 Å². The van der Waals surface area contributed by atoms with Gasteiger partial charge in [0.1, 0.15) is 0 Å². The molecule has 4 heteroatoms. The molecular formula is C15H22N2O2. The standard InChI is InChI=1S/C15H22N2O2/c1-15(2,3)13(18)10-17-14(19)12(16)9-11-7-5-4-6-8-11/h4-8,12H,9-10,16H2,1-3H3,(H,17,19)/t12-/m0/s1. The molecule has 0 saturated heterocycles. The van der Waals surface area contributed by atoms with E-state index in [0.29, 0.717) is 6.42 Å². The minimum absolute atomic E-state index is 0.00670. The third-order valence-electron chi connectivity index (χ3n) is 2.89. The summed E-state index contributed by atoms with van der Waals surface area (Å²) >= 11 is 0. The number of carbonyl (C=O) groups is 2. The van der Waals surface area contributed by atoms with Crippen molar-refractivity contribution in [3.05, 3.63) is 35.9 Å². The molecule has 104 valence electrons. The van der Waals surface area contributed by atoms with E-state index < -0.39 is 11.5 Å². The van der Waals surface area contributed by atoms with Gasteiger partial charge in [-0.3, -0.25) is 9.59 Å². The van der Waals surface area contributed by atoms with Crippen molar-refractivity contribution in [1.29, 1.82) is 0 Å². The molecule has 0 radical (unpaired) electrons. The number of rotatable bonds is 5. The molecule has 19 heavy (non-hydrogen) atoms. The Morgan fingerprint density at radius 1 is 1.21 bits per heavy atom. The number of nitrogens with two attached hydrogens (primary N) is 1. The second-order valence-electron chi connectivity index (χ2n) is 5.69. The van der Waals surface area contributed by atoms with E-state index >= 15 is 0 Å². The molecule has 1 amide bonds. The van der Waals surface area contributed by atoms with Crippen LogP contribution < -0.4 is 11.1 Å². The number of ketones is 1. The fourth-order valence-corrected chi connectivity index (χ4v) is 1.52. The predicted octanol–water partition coefficient (Wildman–Crippen LogP) is 1.29. The molecule has 0 saturated carbocycles. The van der Waals surface area contributed by atoms with Gasteiger partial charge in [0.05, 0.1) is 12.6 Å². The predicted molar refractivity (Wildman–Crippen MR) is 75.6 cm³/mol. The first-order valence-electron chi connectivity index (χ1n) is 6.41. The van der Waals surface area contributed by atoms with E-state index in [-0.39, 0.29) is 18.2 Å². The number of nitrogens with one attached hydrogen (secondary N) is 1. The van der Waals surface area contributed by atoms with Gasteiger partial charge < -0.3 is 11.1 Å². The topological polar surface area (TPSA) is 72.2 Å². The molecule has 0 aromatic heterocycles. The number of benzene rings is 1. The van der Waals surface area contributed by atoms with Crippen molar-refractivity contribution in [3.8, 4) is 0 Å². The molecule has 4 nitrogen and oxygen atoms in total. The Morgan fingerprint density at radius 3 is 2.32 bits per heavy atom. The highest BCUT2D eigenvalue weighted by Gasteiger charge is 2.22. The van der Waals surface area contributed by atoms with Crippen LogP contribution in [0, 0.1) is 5.41 Å². The van der Waals surface area contributed by atoms with Crippen LogP contribution in [-0.2, 0) is 16.0 Å². The van der Waals surface area contributed by atoms with E-state index in [9.17, 15) is 9.59 Å². The quantitative estimate of drug-likeness (QED) is 0.840. The summed E-state index contributed by atoms with van der Waals surface area (Å²) in [6, 6.07) is 8.94. The van der Waals surface area contributed by atoms with Gasteiger partial charge >= 0.3 is 0 Å². The monoisotopic (exact) mass is 262 g/mol. The summed E-state index contributed by atoms with van der Waals surface area (Å²) in [5.41, 5.74) is 6.38. The zero-order valence-electron chi connectivity index (χ0n) is 11.8. The van der Waals surface area contributed by atoms with Gasteiger partial charge in [-0.25, -0.2) is 0 Å². The molecule has 0 spiro atoms. The maximum absolute atomic E-state index is 11.8. The van der Waals surface area contributed by atoms with Crippen LogP contribution in [0.4, 0.5) is 0 Å². The van der Waals surface area contributed by atoms with Crippen LogP contribution in [0.15, 0.2) is 30.3 Å². The minimum Gasteiger partial charge on any atom is -0.348 e. The lowest BCUT2D eigenvalue weighted by Crippen LogP contribution is -2.45. The summed E-state index contributed by atoms with van der Waals surface area (Å²) in [5.74, 6) is -0.297. The molecule has 1 aromatic rings. The van der Waals surface area contributed by atoms with Gasteiger partial charge in [0.25, 0.3) is 0 Å². The summed E-state index contributed by atoms with van der Waals surface area (Å²) in [5, 5.41) is 2.60. The van der Waals surface area contributed by atoms with Crippen LogP contribution >= 0.6 is 0 Å². The van der Waals surface area contributed by atoms with E-state index in [2.05, 4.69) is 5.32 Å². The van der Waals surface area contributed by atoms with Crippen LogP contribution in [0.5, 0.6) is 0 Å². The molecule has 1 atom stereocenters. The highest BCUT2D eigenvalue weighted by atomic mass is 16.2. The van der Waals surface area contributed by atoms with Crippen LogP contribution in [0.3, 0.4) is 0 Å². The summed E-state index contributed by atoms with van der Waals surface area (Å²) in [7, 11) is 0. The second kappa shape index (κ2) is 6.48. The first-order chi connectivity index (χ1) is 8.80. The Balaban J connectivity index is 2.44. The molecule has 0 aliphatic rings. The van der Waals surface area contributed by atoms with Gasteiger partial charge in [-0.1, -0.05) is 51.1 Å². The number of carbonyl (C=O) groups excluding carboxylic acids is 2. The molecule has 0 unspecified atom stereocenters. The van der Waals surface area contributed by atoms with E-state index in [4.69, 9.17) is 5.73 Å². The summed E-state index contributed by atoms with van der Waals surface area (Å²) in [4.78, 5) is 23.5. The summed E-state index contributed by atoms with van der Waals surface area (Å²) in [6.45, 7) is 5.51. The number of hydrogen-bond donors (Lipinski definition) is 2. The Hall–Kier alpha value is -1.68. The van der Waals surface area contributed by atoms with Crippen LogP contribution in [0.1, 0.15) is 26.3 Å². The van der Waals surface area contributed by atoms with Crippen molar-refractivity contribution >= 4 is 11.7 Å². The van der Waals surface area contributed by atoms with Gasteiger partial charge in [-0.05, 0) is 12.0 Å². The normalized spacial score (nSPS) is 12.8. The maximum Gasteiger partial charge on any atom is 0.237 e. The van der Waals surface area contributed by atoms with E-state index in [1.165, 1.54) is 0 Å². The molecule has 1 aromatic carbocycles. The van der Waals surface area contributed by atoms with Gasteiger partial charge in [0, 0.05) is 5.41 Å². The van der Waals surface area contributed by atoms with E-state index in [1.54, 1.807) is 0 Å². The number of amides is 1. The molecule has 1 rings (SSSR count). The van der Waals surface area contributed by atoms with E-state index in [1.807, 2.05) is 51.1 Å². The highest BCUT2D eigenvalue weighted by molar-refractivity contribution is 5.90. The third kappa shape index (κ3) is 5.22. The first-order valence-corrected chi connectivity index (χ1v) is 6.41. The molecule has 0 fully saturated rings. The minimum atomic E-state index is -0.629. The van der Waals surface area contributed by atoms with Crippen molar-refractivity contribution < 1.29 is 9.59 Å². The fourth-order valence-electron chi connectivity index (χ4n) is 1.52. The maximum atomic E-state index is 11.8. The van der Waals surface area contributed by atoms with Gasteiger partial charge in [0.2, 0.25) is 5.91 Å². The Kier molecular flexibility index (Phi) is 5.24. The molecule has 3 N–H and O–H groups in total. The number of Topliss-reactive ketones (excluding diaryl/α,β-unsaturated/α-hetero) is 1. The van der Waals surface area contributed by atoms with E-state index in [0.717, 1.165) is 5.56 Å². The highest BCUT2D eigenvalue weighted by Crippen LogP contribution is 2.13. The molecule has 0 aliphatic heterocycles. The first kappa shape index (κ1) is 15.4. The van der Waals surface area contributed by atoms with Crippen molar-refractivity contribution in [2.75, 3.05) is 6.54 Å². The largest absolute Gasteiger partial charge is 0.348 e. The van der Waals surface area contributed by atoms with Crippen LogP contribution in [-0.4, -0.2) is 24.3 Å². The molecule has 0 bridgehead atoms. The van der Waals surface area contributed by atoms with Crippen LogP contribution in [0.25, 0.3) is 0 Å². The van der Waals surface area contributed by atoms with Crippen molar-refractivity contribution in [3.63, 3.8) is 0 Å². The zero-order valence-corrected chi connectivity index (χ0v) is 11.8. The smallest absolute Gasteiger partial charge is 0.237 e. The molecule has 0 aliphatic carbocycles. The van der Waals surface area contributed by atoms with Gasteiger partial charge in [0.15, 0.2) is 5.78 Å². The average Bonchev–Trinajstić information content (AvgIpc) is 2.35. The zero-order chi connectivity index (χ0) is 14.5. The second-order valence-corrected chi connectivity index (χ2v) is 5.69. The fraction of sp³-hybridized carbons (Fsp3) is 0.467. The SMILES string of the molecule is CC(C)(C)C(=O)CNC(=O)[C@@H](N)Cc1ccccc1. The van der Waals surface area contributed by atoms with Gasteiger partial charge in [-0.2, -0.15) is 0 Å². The lowest BCUT2D eigenvalue weighted by atomic mass is 9.91. The van der Waals surface area contributed by atoms with Crippen molar-refractivity contribution in [1.82, 2.24) is 5.32 Å². The molecule has 0 heterocycles. The van der Waals surface area contributed by atoms with Crippen LogP contribution in [0.2, 0.25) is 0 Å². The molecular weight excluding hydrogens is 240 g/mol. The summed E-state index contributed by atoms with van der Waals surface area (Å²) < 4.78 is 0. The third-order valence-corrected chi connectivity index (χ3v) is 2.89. The Morgan fingerprint density at radius 2 is 1.79 bits per heavy atom. The lowest BCUT2D eigenvalue weighted by Gasteiger charge is -2.18. The summed E-state index contributed by atoms with van der Waals surface area (Å²) in [6.07, 6.45) is 0.469. The number of hydrogen-bond acceptors (Lipinski definition) is 3. The van der Waals surface area contributed by atoms with Crippen molar-refractivity contribution in [2.24, 2.45) is 11.1 Å². The lowest BCUT2D eigenvalue weighted by molar-refractivity contribution is -0.129. The Labute approximate surface area is 114 Å². The van der Waals surface area contributed by atoms with Gasteiger partial charge in [-0.15, -0.1) is 0 Å².